The van der Waals surface area contributed by atoms with E-state index in [1.165, 1.54) is 4.72 Å². The second-order valence-electron chi connectivity index (χ2n) is 3.21. The van der Waals surface area contributed by atoms with Gasteiger partial charge in [-0.3, -0.25) is 4.72 Å². The predicted octanol–water partition coefficient (Wildman–Crippen LogP) is 1.85. The van der Waals surface area contributed by atoms with Crippen molar-refractivity contribution in [2.75, 3.05) is 11.3 Å². The molecule has 0 bridgehead atoms. The maximum absolute atomic E-state index is 11.8. The standard InChI is InChI=1S/C8H8ClF3N2O3S/c9-6-3-5(15)1-2-7(6)14-18(16,17)13-4-8(10,11)12/h1-3,13-15H,4H2. The van der Waals surface area contributed by atoms with Gasteiger partial charge < -0.3 is 5.11 Å². The number of hydrogen-bond acceptors (Lipinski definition) is 3. The lowest BCUT2D eigenvalue weighted by molar-refractivity contribution is -0.121. The monoisotopic (exact) mass is 304 g/mol. The maximum Gasteiger partial charge on any atom is 0.402 e. The van der Waals surface area contributed by atoms with Gasteiger partial charge in [-0.1, -0.05) is 11.6 Å². The lowest BCUT2D eigenvalue weighted by Crippen LogP contribution is -2.37. The molecule has 1 rings (SSSR count). The first-order chi connectivity index (χ1) is 8.09. The van der Waals surface area contributed by atoms with Crippen LogP contribution in [-0.4, -0.2) is 26.2 Å². The molecule has 3 N–H and O–H groups in total. The third-order valence-electron chi connectivity index (χ3n) is 1.66. The minimum Gasteiger partial charge on any atom is -0.508 e. The van der Waals surface area contributed by atoms with Crippen molar-refractivity contribution in [3.05, 3.63) is 23.2 Å². The molecule has 0 unspecified atom stereocenters. The minimum absolute atomic E-state index is 0.146. The van der Waals surface area contributed by atoms with Crippen LogP contribution in [0.5, 0.6) is 5.75 Å². The summed E-state index contributed by atoms with van der Waals surface area (Å²) in [4.78, 5) is 0. The van der Waals surface area contributed by atoms with Gasteiger partial charge >= 0.3 is 6.18 Å². The third kappa shape index (κ3) is 4.98. The first-order valence-corrected chi connectivity index (χ1v) is 6.28. The Morgan fingerprint density at radius 3 is 2.44 bits per heavy atom. The molecule has 0 radical (unpaired) electrons. The summed E-state index contributed by atoms with van der Waals surface area (Å²) < 4.78 is 61.1. The highest BCUT2D eigenvalue weighted by Crippen LogP contribution is 2.26. The lowest BCUT2D eigenvalue weighted by Gasteiger charge is -2.12. The van der Waals surface area contributed by atoms with Crippen molar-refractivity contribution in [2.24, 2.45) is 0 Å². The first kappa shape index (κ1) is 14.9. The Labute approximate surface area is 106 Å². The van der Waals surface area contributed by atoms with Gasteiger partial charge in [0.05, 0.1) is 10.7 Å². The number of aromatic hydroxyl groups is 1. The molecule has 0 saturated carbocycles. The highest BCUT2D eigenvalue weighted by atomic mass is 35.5. The van der Waals surface area contributed by atoms with Crippen LogP contribution in [0.3, 0.4) is 0 Å². The molecule has 18 heavy (non-hydrogen) atoms. The molecule has 0 spiro atoms. The molecule has 5 nitrogen and oxygen atoms in total. The summed E-state index contributed by atoms with van der Waals surface area (Å²) in [6, 6.07) is 3.29. The van der Waals surface area contributed by atoms with Crippen molar-refractivity contribution < 1.29 is 26.7 Å². The molecule has 10 heteroatoms. The number of halogens is 4. The molecule has 0 amide bonds. The van der Waals surface area contributed by atoms with Gasteiger partial charge in [0.15, 0.2) is 0 Å². The summed E-state index contributed by atoms with van der Waals surface area (Å²) >= 11 is 5.59. The Kier molecular flexibility index (Phi) is 4.30. The number of phenols is 1. The molecule has 1 aromatic carbocycles. The molecule has 0 atom stereocenters. The fraction of sp³-hybridized carbons (Fsp3) is 0.250. The van der Waals surface area contributed by atoms with Crippen LogP contribution in [0.2, 0.25) is 5.02 Å². The van der Waals surface area contributed by atoms with Crippen LogP contribution in [0.1, 0.15) is 0 Å². The SMILES string of the molecule is O=S(=O)(NCC(F)(F)F)Nc1ccc(O)cc1Cl. The maximum atomic E-state index is 11.8. The van der Waals surface area contributed by atoms with Crippen LogP contribution in [-0.2, 0) is 10.2 Å². The highest BCUT2D eigenvalue weighted by molar-refractivity contribution is 7.90. The summed E-state index contributed by atoms with van der Waals surface area (Å²) in [5.41, 5.74) is -0.149. The molecule has 0 aromatic heterocycles. The van der Waals surface area contributed by atoms with Crippen molar-refractivity contribution in [2.45, 2.75) is 6.18 Å². The number of rotatable bonds is 4. The van der Waals surface area contributed by atoms with Crippen LogP contribution < -0.4 is 9.44 Å². The number of alkyl halides is 3. The average Bonchev–Trinajstić information content (AvgIpc) is 2.19. The van der Waals surface area contributed by atoms with Crippen LogP contribution >= 0.6 is 11.6 Å². The number of anilines is 1. The van der Waals surface area contributed by atoms with Gasteiger partial charge in [-0.15, -0.1) is 0 Å². The van der Waals surface area contributed by atoms with E-state index < -0.39 is 22.9 Å². The predicted molar refractivity (Wildman–Crippen MR) is 59.7 cm³/mol. The Balaban J connectivity index is 2.77. The second-order valence-corrected chi connectivity index (χ2v) is 5.11. The molecule has 0 fully saturated rings. The van der Waals surface area contributed by atoms with Gasteiger partial charge in [0, 0.05) is 6.07 Å². The normalized spacial score (nSPS) is 12.4. The van der Waals surface area contributed by atoms with E-state index in [0.29, 0.717) is 0 Å². The molecule has 0 saturated heterocycles. The van der Waals surface area contributed by atoms with Crippen molar-refractivity contribution in [1.29, 1.82) is 0 Å². The number of hydrogen-bond donors (Lipinski definition) is 3. The Bertz CT molecular complexity index is 533. The zero-order valence-electron chi connectivity index (χ0n) is 8.62. The number of nitrogens with one attached hydrogen (secondary N) is 2. The zero-order chi connectivity index (χ0) is 14.0. The molecule has 0 aliphatic heterocycles. The Morgan fingerprint density at radius 2 is 1.94 bits per heavy atom. The number of benzene rings is 1. The first-order valence-electron chi connectivity index (χ1n) is 4.42. The summed E-state index contributed by atoms with van der Waals surface area (Å²) in [5.74, 6) is -0.203. The Morgan fingerprint density at radius 1 is 1.33 bits per heavy atom. The molecular weight excluding hydrogens is 297 g/mol. The van der Waals surface area contributed by atoms with Crippen LogP contribution in [0.4, 0.5) is 18.9 Å². The average molecular weight is 305 g/mol. The summed E-state index contributed by atoms with van der Waals surface area (Å²) in [7, 11) is -4.39. The van der Waals surface area contributed by atoms with E-state index in [1.807, 2.05) is 0 Å². The van der Waals surface area contributed by atoms with E-state index in [9.17, 15) is 21.6 Å². The summed E-state index contributed by atoms with van der Waals surface area (Å²) in [6.07, 6.45) is -4.66. The van der Waals surface area contributed by atoms with E-state index in [0.717, 1.165) is 18.2 Å². The van der Waals surface area contributed by atoms with E-state index in [4.69, 9.17) is 16.7 Å². The highest BCUT2D eigenvalue weighted by Gasteiger charge is 2.29. The lowest BCUT2D eigenvalue weighted by atomic mass is 10.3. The number of phenolic OH excluding ortho intramolecular Hbond substituents is 1. The van der Waals surface area contributed by atoms with E-state index in [1.54, 1.807) is 4.72 Å². The van der Waals surface area contributed by atoms with Crippen LogP contribution in [0, 0.1) is 0 Å². The molecule has 0 aliphatic carbocycles. The summed E-state index contributed by atoms with van der Waals surface area (Å²) in [5, 5.41) is 8.87. The van der Waals surface area contributed by atoms with Crippen molar-refractivity contribution in [1.82, 2.24) is 4.72 Å². The van der Waals surface area contributed by atoms with Crippen molar-refractivity contribution >= 4 is 27.5 Å². The zero-order valence-corrected chi connectivity index (χ0v) is 10.2. The third-order valence-corrected chi connectivity index (χ3v) is 2.99. The molecular formula is C8H8ClF3N2O3S. The molecule has 1 aromatic rings. The molecule has 0 aliphatic rings. The van der Waals surface area contributed by atoms with Gasteiger partial charge in [-0.25, -0.2) is 0 Å². The van der Waals surface area contributed by atoms with Gasteiger partial charge in [-0.2, -0.15) is 26.3 Å². The molecule has 102 valence electrons. The van der Waals surface area contributed by atoms with E-state index in [-0.39, 0.29) is 16.5 Å². The summed E-state index contributed by atoms with van der Waals surface area (Å²) in [6.45, 7) is -1.70. The topological polar surface area (TPSA) is 78.4 Å². The van der Waals surface area contributed by atoms with Gasteiger partial charge in [0.1, 0.15) is 12.3 Å². The second kappa shape index (κ2) is 5.21. The van der Waals surface area contributed by atoms with Crippen LogP contribution in [0.15, 0.2) is 18.2 Å². The quantitative estimate of drug-likeness (QED) is 0.743. The van der Waals surface area contributed by atoms with Crippen LogP contribution in [0.25, 0.3) is 0 Å². The Hall–Kier alpha value is -1.19. The fourth-order valence-electron chi connectivity index (χ4n) is 0.944. The van der Waals surface area contributed by atoms with E-state index in [2.05, 4.69) is 0 Å². The largest absolute Gasteiger partial charge is 0.508 e. The molecule has 0 heterocycles. The van der Waals surface area contributed by atoms with Gasteiger partial charge in [0.2, 0.25) is 0 Å². The fourth-order valence-corrected chi connectivity index (χ4v) is 2.12. The van der Waals surface area contributed by atoms with Gasteiger partial charge in [-0.05, 0) is 12.1 Å². The van der Waals surface area contributed by atoms with E-state index >= 15 is 0 Å². The van der Waals surface area contributed by atoms with Crippen molar-refractivity contribution in [3.8, 4) is 5.75 Å². The van der Waals surface area contributed by atoms with Crippen molar-refractivity contribution in [3.63, 3.8) is 0 Å². The van der Waals surface area contributed by atoms with Gasteiger partial charge in [0.25, 0.3) is 10.2 Å². The minimum atomic E-state index is -4.66. The smallest absolute Gasteiger partial charge is 0.402 e.